The van der Waals surface area contributed by atoms with E-state index in [0.717, 1.165) is 30.6 Å². The largest absolute Gasteiger partial charge is 0.369 e. The third-order valence-corrected chi connectivity index (χ3v) is 5.15. The molecule has 0 bridgehead atoms. The van der Waals surface area contributed by atoms with E-state index in [1.807, 2.05) is 23.7 Å². The summed E-state index contributed by atoms with van der Waals surface area (Å²) in [6, 6.07) is 4.02. The first-order valence-corrected chi connectivity index (χ1v) is 9.34. The van der Waals surface area contributed by atoms with Crippen LogP contribution >= 0.6 is 11.3 Å². The number of hydrogen-bond donors (Lipinski definition) is 1. The zero-order valence-corrected chi connectivity index (χ0v) is 12.9. The highest BCUT2D eigenvalue weighted by molar-refractivity contribution is 7.88. The van der Waals surface area contributed by atoms with E-state index < -0.39 is 10.0 Å². The molecule has 7 heteroatoms. The van der Waals surface area contributed by atoms with E-state index in [1.165, 1.54) is 11.0 Å². The maximum absolute atomic E-state index is 11.4. The van der Waals surface area contributed by atoms with Gasteiger partial charge in [0.2, 0.25) is 10.0 Å². The first-order chi connectivity index (χ1) is 9.53. The Bertz CT molecular complexity index is 711. The van der Waals surface area contributed by atoms with E-state index in [0.29, 0.717) is 6.54 Å². The van der Waals surface area contributed by atoms with Crippen LogP contribution in [0, 0.1) is 0 Å². The van der Waals surface area contributed by atoms with Gasteiger partial charge in [0.25, 0.3) is 0 Å². The lowest BCUT2D eigenvalue weighted by molar-refractivity contribution is 0.468. The normalized spacial score (nSPS) is 20.4. The summed E-state index contributed by atoms with van der Waals surface area (Å²) in [6.45, 7) is 1.67. The van der Waals surface area contributed by atoms with Crippen molar-refractivity contribution in [2.45, 2.75) is 18.9 Å². The molecule has 0 radical (unpaired) electrons. The third-order valence-electron chi connectivity index (χ3n) is 3.47. The summed E-state index contributed by atoms with van der Waals surface area (Å²) < 4.78 is 26.6. The average molecular weight is 311 g/mol. The Morgan fingerprint density at radius 2 is 2.30 bits per heavy atom. The lowest BCUT2D eigenvalue weighted by atomic mass is 10.1. The second-order valence-corrected chi connectivity index (χ2v) is 7.84. The minimum absolute atomic E-state index is 0.0121. The van der Waals surface area contributed by atoms with Crippen LogP contribution in [0.5, 0.6) is 0 Å². The maximum atomic E-state index is 11.4. The van der Waals surface area contributed by atoms with Gasteiger partial charge in [-0.2, -0.15) is 0 Å². The van der Waals surface area contributed by atoms with Crippen molar-refractivity contribution in [2.24, 2.45) is 0 Å². The number of nitrogens with zero attached hydrogens (tertiary/aromatic N) is 2. The molecular weight excluding hydrogens is 294 g/mol. The van der Waals surface area contributed by atoms with Crippen molar-refractivity contribution in [2.75, 3.05) is 24.2 Å². The molecule has 3 rings (SSSR count). The third kappa shape index (κ3) is 2.94. The number of anilines is 1. The highest BCUT2D eigenvalue weighted by Crippen LogP contribution is 2.31. The van der Waals surface area contributed by atoms with Crippen molar-refractivity contribution in [1.29, 1.82) is 0 Å². The lowest BCUT2D eigenvalue weighted by Crippen LogP contribution is -2.47. The molecule has 1 aliphatic rings. The van der Waals surface area contributed by atoms with E-state index in [2.05, 4.69) is 14.6 Å². The van der Waals surface area contributed by atoms with E-state index in [9.17, 15) is 8.42 Å². The molecule has 0 aromatic carbocycles. The molecule has 108 valence electrons. The van der Waals surface area contributed by atoms with Gasteiger partial charge in [0.15, 0.2) is 0 Å². The Balaban J connectivity index is 1.85. The molecule has 1 atom stereocenters. The molecule has 1 unspecified atom stereocenters. The highest BCUT2D eigenvalue weighted by atomic mass is 32.2. The zero-order chi connectivity index (χ0) is 14.2. The first kappa shape index (κ1) is 13.8. The Morgan fingerprint density at radius 1 is 1.45 bits per heavy atom. The van der Waals surface area contributed by atoms with Crippen LogP contribution in [0.4, 0.5) is 5.69 Å². The zero-order valence-electron chi connectivity index (χ0n) is 11.2. The summed E-state index contributed by atoms with van der Waals surface area (Å²) in [5.41, 5.74) is 2.16. The van der Waals surface area contributed by atoms with Crippen LogP contribution < -0.4 is 9.62 Å². The van der Waals surface area contributed by atoms with Crippen LogP contribution in [0.2, 0.25) is 0 Å². The summed E-state index contributed by atoms with van der Waals surface area (Å²) in [6.07, 6.45) is 4.92. The van der Waals surface area contributed by atoms with Crippen molar-refractivity contribution in [3.05, 3.63) is 23.7 Å². The molecule has 1 N–H and O–H groups in total. The monoisotopic (exact) mass is 311 g/mol. The predicted octanol–water partition coefficient (Wildman–Crippen LogP) is 1.81. The van der Waals surface area contributed by atoms with Gasteiger partial charge in [-0.1, -0.05) is 0 Å². The quantitative estimate of drug-likeness (QED) is 0.939. The van der Waals surface area contributed by atoms with Crippen molar-refractivity contribution in [3.63, 3.8) is 0 Å². The van der Waals surface area contributed by atoms with Crippen LogP contribution in [-0.4, -0.2) is 38.8 Å². The molecule has 1 aliphatic heterocycles. The van der Waals surface area contributed by atoms with Crippen LogP contribution in [0.3, 0.4) is 0 Å². The molecule has 0 spiro atoms. The molecule has 2 aromatic heterocycles. The first-order valence-electron chi connectivity index (χ1n) is 6.57. The summed E-state index contributed by atoms with van der Waals surface area (Å²) in [5.74, 6) is 0. The fraction of sp³-hybridized carbons (Fsp3) is 0.462. The maximum Gasteiger partial charge on any atom is 0.209 e. The van der Waals surface area contributed by atoms with Crippen LogP contribution in [0.1, 0.15) is 12.8 Å². The Morgan fingerprint density at radius 3 is 3.10 bits per heavy atom. The molecule has 1 fully saturated rings. The molecule has 2 aromatic rings. The molecule has 3 heterocycles. The molecular formula is C13H17N3O2S2. The predicted molar refractivity (Wildman–Crippen MR) is 82.8 cm³/mol. The lowest BCUT2D eigenvalue weighted by Gasteiger charge is -2.34. The van der Waals surface area contributed by atoms with E-state index >= 15 is 0 Å². The number of piperidine rings is 1. The number of nitrogens with one attached hydrogen (secondary N) is 1. The van der Waals surface area contributed by atoms with Crippen molar-refractivity contribution in [3.8, 4) is 0 Å². The summed E-state index contributed by atoms with van der Waals surface area (Å²) in [7, 11) is -3.15. The van der Waals surface area contributed by atoms with Crippen molar-refractivity contribution < 1.29 is 8.42 Å². The molecule has 0 aliphatic carbocycles. The van der Waals surface area contributed by atoms with Gasteiger partial charge in [0.05, 0.1) is 22.2 Å². The minimum atomic E-state index is -3.15. The highest BCUT2D eigenvalue weighted by Gasteiger charge is 2.23. The average Bonchev–Trinajstić information content (AvgIpc) is 2.85. The van der Waals surface area contributed by atoms with Gasteiger partial charge in [-0.15, -0.1) is 11.3 Å². The molecule has 0 saturated carbocycles. The Hall–Kier alpha value is -1.18. The van der Waals surface area contributed by atoms with E-state index in [4.69, 9.17) is 0 Å². The molecule has 1 saturated heterocycles. The number of hydrogen-bond acceptors (Lipinski definition) is 5. The standard InChI is InChI=1S/C13H17N3O2S2/c1-20(17,18)15-10-3-2-7-16(9-10)12-4-6-14-11-5-8-19-13(11)12/h4-6,8,10,15H,2-3,7,9H2,1H3. The Labute approximate surface area is 122 Å². The summed E-state index contributed by atoms with van der Waals surface area (Å²) >= 11 is 1.68. The topological polar surface area (TPSA) is 62.3 Å². The number of thiophene rings is 1. The number of pyridine rings is 1. The van der Waals surface area contributed by atoms with Gasteiger partial charge in [-0.05, 0) is 30.4 Å². The van der Waals surface area contributed by atoms with Crippen LogP contribution in [0.15, 0.2) is 23.7 Å². The van der Waals surface area contributed by atoms with Gasteiger partial charge >= 0.3 is 0 Å². The Kier molecular flexibility index (Phi) is 3.66. The van der Waals surface area contributed by atoms with Gasteiger partial charge in [0, 0.05) is 25.3 Å². The van der Waals surface area contributed by atoms with Gasteiger partial charge in [0.1, 0.15) is 0 Å². The number of rotatable bonds is 3. The second-order valence-electron chi connectivity index (χ2n) is 5.14. The van der Waals surface area contributed by atoms with Gasteiger partial charge in [-0.3, -0.25) is 4.98 Å². The second kappa shape index (κ2) is 5.31. The molecule has 20 heavy (non-hydrogen) atoms. The number of aromatic nitrogens is 1. The minimum Gasteiger partial charge on any atom is -0.369 e. The summed E-state index contributed by atoms with van der Waals surface area (Å²) in [5, 5.41) is 2.04. The SMILES string of the molecule is CS(=O)(=O)NC1CCCN(c2ccnc3ccsc23)C1. The van der Waals surface area contributed by atoms with Crippen LogP contribution in [-0.2, 0) is 10.0 Å². The van der Waals surface area contributed by atoms with Gasteiger partial charge in [-0.25, -0.2) is 13.1 Å². The molecule has 5 nitrogen and oxygen atoms in total. The smallest absolute Gasteiger partial charge is 0.209 e. The van der Waals surface area contributed by atoms with E-state index in [1.54, 1.807) is 11.3 Å². The van der Waals surface area contributed by atoms with E-state index in [-0.39, 0.29) is 6.04 Å². The summed E-state index contributed by atoms with van der Waals surface area (Å²) in [4.78, 5) is 6.60. The number of fused-ring (bicyclic) bond motifs is 1. The van der Waals surface area contributed by atoms with Crippen molar-refractivity contribution >= 4 is 37.3 Å². The van der Waals surface area contributed by atoms with Crippen LogP contribution in [0.25, 0.3) is 10.2 Å². The number of sulfonamides is 1. The van der Waals surface area contributed by atoms with Crippen molar-refractivity contribution in [1.82, 2.24) is 9.71 Å². The molecule has 0 amide bonds. The fourth-order valence-corrected chi connectivity index (χ4v) is 4.39. The fourth-order valence-electron chi connectivity index (χ4n) is 2.70. The van der Waals surface area contributed by atoms with Gasteiger partial charge < -0.3 is 4.90 Å².